The van der Waals surface area contributed by atoms with Crippen molar-refractivity contribution >= 4 is 32.7 Å². The number of aromatic nitrogens is 2. The van der Waals surface area contributed by atoms with Crippen LogP contribution in [0.3, 0.4) is 0 Å². The zero-order chi connectivity index (χ0) is 14.3. The SMILES string of the molecule is Cc1nc(N)cc2c1cc(Br)c(=O)n2C1CCOCC1. The van der Waals surface area contributed by atoms with Crippen LogP contribution in [0.15, 0.2) is 21.4 Å². The maximum Gasteiger partial charge on any atom is 0.265 e. The summed E-state index contributed by atoms with van der Waals surface area (Å²) in [4.78, 5) is 16.8. The van der Waals surface area contributed by atoms with Crippen molar-refractivity contribution < 1.29 is 4.74 Å². The molecule has 20 heavy (non-hydrogen) atoms. The van der Waals surface area contributed by atoms with E-state index in [-0.39, 0.29) is 11.6 Å². The number of fused-ring (bicyclic) bond motifs is 1. The number of ether oxygens (including phenoxy) is 1. The number of nitrogens with two attached hydrogens (primary N) is 1. The number of aryl methyl sites for hydroxylation is 1. The Kier molecular flexibility index (Phi) is 3.52. The summed E-state index contributed by atoms with van der Waals surface area (Å²) in [6.45, 7) is 3.28. The molecule has 2 aromatic heterocycles. The molecular formula is C14H16BrN3O2. The van der Waals surface area contributed by atoms with Gasteiger partial charge in [-0.15, -0.1) is 0 Å². The van der Waals surface area contributed by atoms with Crippen molar-refractivity contribution in [1.82, 2.24) is 9.55 Å². The standard InChI is InChI=1S/C14H16BrN3O2/c1-8-10-6-11(15)14(19)18(9-2-4-20-5-3-9)12(10)7-13(16)17-8/h6-7,9H,2-5H2,1H3,(H2,16,17). The third kappa shape index (κ3) is 2.23. The molecule has 106 valence electrons. The Morgan fingerprint density at radius 2 is 2.10 bits per heavy atom. The number of nitrogen functional groups attached to an aromatic ring is 1. The largest absolute Gasteiger partial charge is 0.384 e. The van der Waals surface area contributed by atoms with Gasteiger partial charge in [-0.25, -0.2) is 4.98 Å². The smallest absolute Gasteiger partial charge is 0.265 e. The summed E-state index contributed by atoms with van der Waals surface area (Å²) in [5.41, 5.74) is 7.52. The Hall–Kier alpha value is -1.40. The molecule has 0 bridgehead atoms. The lowest BCUT2D eigenvalue weighted by Gasteiger charge is -2.26. The predicted octanol–water partition coefficient (Wildman–Crippen LogP) is 2.40. The van der Waals surface area contributed by atoms with Crippen molar-refractivity contribution in [2.75, 3.05) is 18.9 Å². The molecule has 1 fully saturated rings. The molecule has 3 heterocycles. The van der Waals surface area contributed by atoms with E-state index in [2.05, 4.69) is 20.9 Å². The Bertz CT molecular complexity index is 720. The molecule has 0 unspecified atom stereocenters. The van der Waals surface area contributed by atoms with Crippen molar-refractivity contribution in [3.8, 4) is 0 Å². The van der Waals surface area contributed by atoms with E-state index in [9.17, 15) is 4.79 Å². The minimum atomic E-state index is -0.0191. The van der Waals surface area contributed by atoms with Gasteiger partial charge in [0.05, 0.1) is 9.99 Å². The molecule has 0 spiro atoms. The van der Waals surface area contributed by atoms with E-state index >= 15 is 0 Å². The third-order valence-corrected chi connectivity index (χ3v) is 4.32. The number of anilines is 1. The molecule has 1 aliphatic rings. The van der Waals surface area contributed by atoms with Crippen molar-refractivity contribution in [2.45, 2.75) is 25.8 Å². The van der Waals surface area contributed by atoms with Crippen molar-refractivity contribution in [3.63, 3.8) is 0 Å². The van der Waals surface area contributed by atoms with Gasteiger partial charge in [0.2, 0.25) is 0 Å². The second-order valence-electron chi connectivity index (χ2n) is 5.08. The highest BCUT2D eigenvalue weighted by molar-refractivity contribution is 9.10. The molecular weight excluding hydrogens is 322 g/mol. The maximum absolute atomic E-state index is 12.5. The van der Waals surface area contributed by atoms with Crippen LogP contribution < -0.4 is 11.3 Å². The van der Waals surface area contributed by atoms with Gasteiger partial charge in [-0.1, -0.05) is 0 Å². The molecule has 0 aliphatic carbocycles. The molecule has 5 nitrogen and oxygen atoms in total. The summed E-state index contributed by atoms with van der Waals surface area (Å²) in [7, 11) is 0. The van der Waals surface area contributed by atoms with Gasteiger partial charge in [-0.3, -0.25) is 4.79 Å². The van der Waals surface area contributed by atoms with Crippen molar-refractivity contribution in [2.24, 2.45) is 0 Å². The number of nitrogens with zero attached hydrogens (tertiary/aromatic N) is 2. The van der Waals surface area contributed by atoms with Gasteiger partial charge in [-0.2, -0.15) is 0 Å². The van der Waals surface area contributed by atoms with E-state index in [0.717, 1.165) is 29.4 Å². The number of pyridine rings is 2. The van der Waals surface area contributed by atoms with Crippen LogP contribution in [-0.2, 0) is 4.74 Å². The van der Waals surface area contributed by atoms with Gasteiger partial charge in [-0.05, 0) is 41.8 Å². The average Bonchev–Trinajstić information content (AvgIpc) is 2.42. The molecule has 2 N–H and O–H groups in total. The van der Waals surface area contributed by atoms with Crippen LogP contribution in [0.25, 0.3) is 10.9 Å². The van der Waals surface area contributed by atoms with Crippen LogP contribution in [0.2, 0.25) is 0 Å². The fourth-order valence-electron chi connectivity index (χ4n) is 2.79. The van der Waals surface area contributed by atoms with Crippen LogP contribution in [0, 0.1) is 6.92 Å². The van der Waals surface area contributed by atoms with E-state index in [1.54, 1.807) is 6.07 Å². The summed E-state index contributed by atoms with van der Waals surface area (Å²) >= 11 is 3.36. The first-order valence-electron chi connectivity index (χ1n) is 6.63. The molecule has 6 heteroatoms. The second-order valence-corrected chi connectivity index (χ2v) is 5.93. The fourth-order valence-corrected chi connectivity index (χ4v) is 3.21. The zero-order valence-electron chi connectivity index (χ0n) is 11.2. The van der Waals surface area contributed by atoms with E-state index < -0.39 is 0 Å². The molecule has 0 aromatic carbocycles. The third-order valence-electron chi connectivity index (χ3n) is 3.76. The summed E-state index contributed by atoms with van der Waals surface area (Å²) < 4.78 is 7.79. The molecule has 1 aliphatic heterocycles. The lowest BCUT2D eigenvalue weighted by atomic mass is 10.1. The Morgan fingerprint density at radius 1 is 1.40 bits per heavy atom. The van der Waals surface area contributed by atoms with Gasteiger partial charge < -0.3 is 15.0 Å². The van der Waals surface area contributed by atoms with Crippen LogP contribution in [-0.4, -0.2) is 22.8 Å². The summed E-state index contributed by atoms with van der Waals surface area (Å²) in [6.07, 6.45) is 1.68. The lowest BCUT2D eigenvalue weighted by Crippen LogP contribution is -2.30. The van der Waals surface area contributed by atoms with E-state index in [0.29, 0.717) is 23.5 Å². The minimum Gasteiger partial charge on any atom is -0.384 e. The second kappa shape index (κ2) is 5.18. The molecule has 0 radical (unpaired) electrons. The van der Waals surface area contributed by atoms with Crippen molar-refractivity contribution in [3.05, 3.63) is 32.7 Å². The van der Waals surface area contributed by atoms with Crippen LogP contribution >= 0.6 is 15.9 Å². The van der Waals surface area contributed by atoms with Gasteiger partial charge >= 0.3 is 0 Å². The molecule has 1 saturated heterocycles. The molecule has 0 saturated carbocycles. The van der Waals surface area contributed by atoms with Gasteiger partial charge in [0.25, 0.3) is 5.56 Å². The Labute approximate surface area is 124 Å². The highest BCUT2D eigenvalue weighted by Gasteiger charge is 2.21. The van der Waals surface area contributed by atoms with E-state index in [4.69, 9.17) is 10.5 Å². The number of hydrogen-bond donors (Lipinski definition) is 1. The van der Waals surface area contributed by atoms with Crippen LogP contribution in [0.4, 0.5) is 5.82 Å². The maximum atomic E-state index is 12.5. The Morgan fingerprint density at radius 3 is 2.80 bits per heavy atom. The Balaban J connectivity index is 2.32. The molecule has 3 rings (SSSR count). The summed E-state index contributed by atoms with van der Waals surface area (Å²) in [5, 5.41) is 0.956. The topological polar surface area (TPSA) is 70.1 Å². The number of rotatable bonds is 1. The van der Waals surface area contributed by atoms with Crippen molar-refractivity contribution in [1.29, 1.82) is 0 Å². The van der Waals surface area contributed by atoms with Gasteiger partial charge in [0, 0.05) is 36.4 Å². The van der Waals surface area contributed by atoms with Crippen LogP contribution in [0.1, 0.15) is 24.6 Å². The molecule has 2 aromatic rings. The van der Waals surface area contributed by atoms with Crippen LogP contribution in [0.5, 0.6) is 0 Å². The van der Waals surface area contributed by atoms with Gasteiger partial charge in [0.1, 0.15) is 5.82 Å². The summed E-state index contributed by atoms with van der Waals surface area (Å²) in [6, 6.07) is 3.76. The first-order chi connectivity index (χ1) is 9.58. The minimum absolute atomic E-state index is 0.0191. The highest BCUT2D eigenvalue weighted by Crippen LogP contribution is 2.27. The van der Waals surface area contributed by atoms with Gasteiger partial charge in [0.15, 0.2) is 0 Å². The number of halogens is 1. The molecule has 0 amide bonds. The average molecular weight is 338 g/mol. The highest BCUT2D eigenvalue weighted by atomic mass is 79.9. The number of hydrogen-bond acceptors (Lipinski definition) is 4. The zero-order valence-corrected chi connectivity index (χ0v) is 12.8. The van der Waals surface area contributed by atoms with E-state index in [1.807, 2.05) is 17.6 Å². The lowest BCUT2D eigenvalue weighted by molar-refractivity contribution is 0.0698. The quantitative estimate of drug-likeness (QED) is 0.867. The predicted molar refractivity (Wildman–Crippen MR) is 81.9 cm³/mol. The molecule has 0 atom stereocenters. The monoisotopic (exact) mass is 337 g/mol. The first kappa shape index (κ1) is 13.6. The summed E-state index contributed by atoms with van der Waals surface area (Å²) in [5.74, 6) is 0.442. The normalized spacial score (nSPS) is 16.7. The first-order valence-corrected chi connectivity index (χ1v) is 7.43. The fraction of sp³-hybridized carbons (Fsp3) is 0.429. The van der Waals surface area contributed by atoms with E-state index in [1.165, 1.54) is 0 Å².